The molecule has 0 saturated heterocycles. The molecule has 2 rings (SSSR count). The summed E-state index contributed by atoms with van der Waals surface area (Å²) in [4.78, 5) is 12.1. The van der Waals surface area contributed by atoms with E-state index in [-0.39, 0.29) is 5.91 Å². The van der Waals surface area contributed by atoms with Gasteiger partial charge in [0.05, 0.1) is 11.3 Å². The van der Waals surface area contributed by atoms with E-state index in [9.17, 15) is 4.79 Å². The van der Waals surface area contributed by atoms with Crippen LogP contribution in [-0.4, -0.2) is 21.7 Å². The molecule has 1 aliphatic rings. The summed E-state index contributed by atoms with van der Waals surface area (Å²) in [5, 5.41) is 7.43. The Balaban J connectivity index is 2.02. The molecule has 1 fully saturated rings. The van der Waals surface area contributed by atoms with E-state index in [0.717, 1.165) is 30.5 Å². The molecule has 0 aromatic carbocycles. The van der Waals surface area contributed by atoms with E-state index in [1.54, 1.807) is 4.68 Å². The highest BCUT2D eigenvalue weighted by Crippen LogP contribution is 2.18. The highest BCUT2D eigenvalue weighted by atomic mass is 16.1. The van der Waals surface area contributed by atoms with E-state index >= 15 is 0 Å². The second-order valence-electron chi connectivity index (χ2n) is 4.83. The fourth-order valence-corrected chi connectivity index (χ4v) is 2.50. The van der Waals surface area contributed by atoms with Gasteiger partial charge in [0.2, 0.25) is 0 Å². The van der Waals surface area contributed by atoms with Crippen LogP contribution in [0.25, 0.3) is 0 Å². The van der Waals surface area contributed by atoms with Crippen LogP contribution >= 0.6 is 0 Å². The van der Waals surface area contributed by atoms with Crippen molar-refractivity contribution in [2.24, 2.45) is 7.05 Å². The normalized spacial score (nSPS) is 17.1. The van der Waals surface area contributed by atoms with Crippen molar-refractivity contribution in [3.8, 4) is 0 Å². The molecule has 94 valence electrons. The molecule has 0 bridgehead atoms. The maximum atomic E-state index is 12.1. The SMILES string of the molecule is CCc1nn(C)cc1C(=O)NC1CCCCC1. The Morgan fingerprint density at radius 1 is 1.47 bits per heavy atom. The summed E-state index contributed by atoms with van der Waals surface area (Å²) in [6, 6.07) is 0.362. The lowest BCUT2D eigenvalue weighted by Gasteiger charge is -2.22. The van der Waals surface area contributed by atoms with E-state index < -0.39 is 0 Å². The minimum absolute atomic E-state index is 0.0434. The third-order valence-corrected chi connectivity index (χ3v) is 3.43. The Hall–Kier alpha value is -1.32. The van der Waals surface area contributed by atoms with Crippen molar-refractivity contribution in [1.29, 1.82) is 0 Å². The van der Waals surface area contributed by atoms with Crippen LogP contribution in [0.1, 0.15) is 55.1 Å². The van der Waals surface area contributed by atoms with Gasteiger partial charge in [-0.05, 0) is 19.3 Å². The van der Waals surface area contributed by atoms with Gasteiger partial charge in [0.25, 0.3) is 5.91 Å². The van der Waals surface area contributed by atoms with Crippen molar-refractivity contribution in [2.75, 3.05) is 0 Å². The van der Waals surface area contributed by atoms with Gasteiger partial charge in [-0.2, -0.15) is 5.10 Å². The molecule has 0 radical (unpaired) electrons. The predicted octanol–water partition coefficient (Wildman–Crippen LogP) is 2.04. The minimum atomic E-state index is 0.0434. The number of nitrogens with zero attached hydrogens (tertiary/aromatic N) is 2. The summed E-state index contributed by atoms with van der Waals surface area (Å²) in [5.41, 5.74) is 1.63. The molecule has 17 heavy (non-hydrogen) atoms. The third-order valence-electron chi connectivity index (χ3n) is 3.43. The Morgan fingerprint density at radius 3 is 2.82 bits per heavy atom. The van der Waals surface area contributed by atoms with Gasteiger partial charge in [-0.15, -0.1) is 0 Å². The molecule has 1 amide bonds. The molecule has 1 aromatic rings. The number of aromatic nitrogens is 2. The van der Waals surface area contributed by atoms with E-state index in [1.165, 1.54) is 19.3 Å². The molecule has 0 atom stereocenters. The molecule has 1 aliphatic carbocycles. The first-order valence-electron chi connectivity index (χ1n) is 6.54. The fraction of sp³-hybridized carbons (Fsp3) is 0.692. The first-order chi connectivity index (χ1) is 8.20. The van der Waals surface area contributed by atoms with Crippen LogP contribution in [0.3, 0.4) is 0 Å². The zero-order chi connectivity index (χ0) is 12.3. The van der Waals surface area contributed by atoms with Crippen LogP contribution in [0.15, 0.2) is 6.20 Å². The smallest absolute Gasteiger partial charge is 0.254 e. The van der Waals surface area contributed by atoms with Crippen LogP contribution in [0.2, 0.25) is 0 Å². The largest absolute Gasteiger partial charge is 0.349 e. The van der Waals surface area contributed by atoms with Crippen LogP contribution < -0.4 is 5.32 Å². The van der Waals surface area contributed by atoms with Crippen molar-refractivity contribution in [3.63, 3.8) is 0 Å². The second-order valence-corrected chi connectivity index (χ2v) is 4.83. The van der Waals surface area contributed by atoms with Crippen LogP contribution in [0, 0.1) is 0 Å². The summed E-state index contributed by atoms with van der Waals surface area (Å²) in [6.45, 7) is 2.03. The van der Waals surface area contributed by atoms with Crippen molar-refractivity contribution < 1.29 is 4.79 Å². The number of carbonyl (C=O) groups is 1. The first kappa shape index (κ1) is 12.1. The lowest BCUT2D eigenvalue weighted by Crippen LogP contribution is -2.36. The summed E-state index contributed by atoms with van der Waals surface area (Å²) in [5.74, 6) is 0.0434. The van der Waals surface area contributed by atoms with Gasteiger partial charge in [0.1, 0.15) is 0 Å². The molecule has 1 aromatic heterocycles. The molecule has 1 N–H and O–H groups in total. The van der Waals surface area contributed by atoms with E-state index in [2.05, 4.69) is 10.4 Å². The zero-order valence-corrected chi connectivity index (χ0v) is 10.7. The lowest BCUT2D eigenvalue weighted by atomic mass is 9.95. The molecule has 1 heterocycles. The number of aryl methyl sites for hydroxylation is 2. The fourth-order valence-electron chi connectivity index (χ4n) is 2.50. The van der Waals surface area contributed by atoms with E-state index in [0.29, 0.717) is 6.04 Å². The molecule has 0 unspecified atom stereocenters. The Bertz CT molecular complexity index is 391. The number of hydrogen-bond acceptors (Lipinski definition) is 2. The topological polar surface area (TPSA) is 46.9 Å². The van der Waals surface area contributed by atoms with Gasteiger partial charge in [0, 0.05) is 19.3 Å². The molecule has 0 aliphatic heterocycles. The molecular formula is C13H21N3O. The molecule has 4 heteroatoms. The van der Waals surface area contributed by atoms with Gasteiger partial charge in [-0.1, -0.05) is 26.2 Å². The van der Waals surface area contributed by atoms with Gasteiger partial charge in [-0.25, -0.2) is 0 Å². The number of amides is 1. The third kappa shape index (κ3) is 2.87. The highest BCUT2D eigenvalue weighted by molar-refractivity contribution is 5.95. The maximum Gasteiger partial charge on any atom is 0.254 e. The van der Waals surface area contributed by atoms with Gasteiger partial charge in [0.15, 0.2) is 0 Å². The molecular weight excluding hydrogens is 214 g/mol. The van der Waals surface area contributed by atoms with Gasteiger partial charge in [-0.3, -0.25) is 9.48 Å². The van der Waals surface area contributed by atoms with Crippen molar-refractivity contribution >= 4 is 5.91 Å². The Labute approximate surface area is 102 Å². The quantitative estimate of drug-likeness (QED) is 0.871. The maximum absolute atomic E-state index is 12.1. The molecule has 4 nitrogen and oxygen atoms in total. The van der Waals surface area contributed by atoms with Gasteiger partial charge >= 0.3 is 0 Å². The van der Waals surface area contributed by atoms with Crippen LogP contribution in [0.4, 0.5) is 0 Å². The summed E-state index contributed by atoms with van der Waals surface area (Å²) < 4.78 is 1.72. The number of rotatable bonds is 3. The average Bonchev–Trinajstić information content (AvgIpc) is 2.72. The van der Waals surface area contributed by atoms with Crippen molar-refractivity contribution in [2.45, 2.75) is 51.5 Å². The summed E-state index contributed by atoms with van der Waals surface area (Å²) in [6.07, 6.45) is 8.63. The lowest BCUT2D eigenvalue weighted by molar-refractivity contribution is 0.0927. The minimum Gasteiger partial charge on any atom is -0.349 e. The number of nitrogens with one attached hydrogen (secondary N) is 1. The predicted molar refractivity (Wildman–Crippen MR) is 66.9 cm³/mol. The molecule has 0 spiro atoms. The summed E-state index contributed by atoms with van der Waals surface area (Å²) in [7, 11) is 1.86. The standard InChI is InChI=1S/C13H21N3O/c1-3-12-11(9-16(2)15-12)13(17)14-10-7-5-4-6-8-10/h9-10H,3-8H2,1-2H3,(H,14,17). The first-order valence-corrected chi connectivity index (χ1v) is 6.54. The Kier molecular flexibility index (Phi) is 3.82. The van der Waals surface area contributed by atoms with Crippen LogP contribution in [-0.2, 0) is 13.5 Å². The van der Waals surface area contributed by atoms with Crippen molar-refractivity contribution in [1.82, 2.24) is 15.1 Å². The van der Waals surface area contributed by atoms with Gasteiger partial charge < -0.3 is 5.32 Å². The number of hydrogen-bond donors (Lipinski definition) is 1. The zero-order valence-electron chi connectivity index (χ0n) is 10.7. The van der Waals surface area contributed by atoms with Crippen molar-refractivity contribution in [3.05, 3.63) is 17.5 Å². The number of carbonyl (C=O) groups excluding carboxylic acids is 1. The summed E-state index contributed by atoms with van der Waals surface area (Å²) >= 11 is 0. The monoisotopic (exact) mass is 235 g/mol. The molecule has 1 saturated carbocycles. The van der Waals surface area contributed by atoms with E-state index in [1.807, 2.05) is 20.2 Å². The Morgan fingerprint density at radius 2 is 2.18 bits per heavy atom. The van der Waals surface area contributed by atoms with E-state index in [4.69, 9.17) is 0 Å². The van der Waals surface area contributed by atoms with Crippen LogP contribution in [0.5, 0.6) is 0 Å². The second kappa shape index (κ2) is 5.34. The highest BCUT2D eigenvalue weighted by Gasteiger charge is 2.19. The average molecular weight is 235 g/mol.